The van der Waals surface area contributed by atoms with Gasteiger partial charge in [0, 0.05) is 45.6 Å². The van der Waals surface area contributed by atoms with Gasteiger partial charge in [-0.15, -0.1) is 0 Å². The first-order valence-electron chi connectivity index (χ1n) is 11.3. The molecule has 1 spiro atoms. The van der Waals surface area contributed by atoms with E-state index < -0.39 is 11.5 Å². The number of piperidine rings is 1. The lowest BCUT2D eigenvalue weighted by atomic mass is 9.73. The van der Waals surface area contributed by atoms with Gasteiger partial charge >= 0.3 is 0 Å². The number of rotatable bonds is 1. The highest BCUT2D eigenvalue weighted by molar-refractivity contribution is 5.93. The molecule has 3 amide bonds. The van der Waals surface area contributed by atoms with Gasteiger partial charge in [0.25, 0.3) is 5.91 Å². The van der Waals surface area contributed by atoms with E-state index in [9.17, 15) is 14.4 Å². The molecule has 2 fully saturated rings. The number of likely N-dealkylation sites (tertiary alicyclic amines) is 1. The standard InChI is InChI=1S/C22H35N5O4/c1-16-15-18(25-26(16)3)20(29)27-11-8-22(9-12-27)7-4-5-13-31-14-6-10-23-19(28)17(2)24-21(22)30/h15,17H,4-14H2,1-3H3,(H,23,28)(H,24,30)/t17-/m0/s1. The van der Waals surface area contributed by atoms with Crippen molar-refractivity contribution < 1.29 is 19.1 Å². The second-order valence-electron chi connectivity index (χ2n) is 8.78. The van der Waals surface area contributed by atoms with Crippen LogP contribution in [0.1, 0.15) is 61.6 Å². The first-order chi connectivity index (χ1) is 14.8. The number of aryl methyl sites for hydroxylation is 2. The number of hydrogen-bond donors (Lipinski definition) is 2. The van der Waals surface area contributed by atoms with Gasteiger partial charge in [-0.1, -0.05) is 6.42 Å². The molecule has 0 aromatic carbocycles. The number of ether oxygens (including phenoxy) is 1. The van der Waals surface area contributed by atoms with E-state index in [1.165, 1.54) is 0 Å². The normalized spacial score (nSPS) is 23.7. The van der Waals surface area contributed by atoms with E-state index in [1.807, 2.05) is 14.0 Å². The summed E-state index contributed by atoms with van der Waals surface area (Å²) in [5.41, 5.74) is 0.792. The zero-order valence-electron chi connectivity index (χ0n) is 18.9. The van der Waals surface area contributed by atoms with E-state index >= 15 is 0 Å². The third kappa shape index (κ3) is 5.64. The van der Waals surface area contributed by atoms with Gasteiger partial charge in [-0.2, -0.15) is 5.10 Å². The van der Waals surface area contributed by atoms with Gasteiger partial charge in [0.05, 0.1) is 5.41 Å². The molecular weight excluding hydrogens is 398 g/mol. The van der Waals surface area contributed by atoms with Crippen LogP contribution in [0.15, 0.2) is 6.07 Å². The molecule has 0 bridgehead atoms. The Kier molecular flexibility index (Phi) is 7.69. The quantitative estimate of drug-likeness (QED) is 0.692. The van der Waals surface area contributed by atoms with Gasteiger partial charge in [0.1, 0.15) is 6.04 Å². The summed E-state index contributed by atoms with van der Waals surface area (Å²) in [6.45, 7) is 6.44. The predicted molar refractivity (Wildman–Crippen MR) is 115 cm³/mol. The molecule has 9 heteroatoms. The number of carbonyl (C=O) groups excluding carboxylic acids is 3. The van der Waals surface area contributed by atoms with E-state index in [0.29, 0.717) is 51.4 Å². The van der Waals surface area contributed by atoms with Gasteiger partial charge in [-0.05, 0) is 52.0 Å². The lowest BCUT2D eigenvalue weighted by molar-refractivity contribution is -0.137. The minimum atomic E-state index is -0.593. The van der Waals surface area contributed by atoms with Gasteiger partial charge in [0.15, 0.2) is 5.69 Å². The topological polar surface area (TPSA) is 106 Å². The molecule has 0 radical (unpaired) electrons. The fraction of sp³-hybridized carbons (Fsp3) is 0.727. The molecule has 2 aliphatic rings. The molecule has 2 saturated heterocycles. The first kappa shape index (κ1) is 23.2. The molecule has 1 atom stereocenters. The van der Waals surface area contributed by atoms with Crippen LogP contribution in [0.2, 0.25) is 0 Å². The van der Waals surface area contributed by atoms with Gasteiger partial charge in [-0.3, -0.25) is 19.1 Å². The third-order valence-corrected chi connectivity index (χ3v) is 6.52. The maximum absolute atomic E-state index is 13.3. The monoisotopic (exact) mass is 433 g/mol. The van der Waals surface area contributed by atoms with Crippen molar-refractivity contribution in [3.05, 3.63) is 17.5 Å². The molecule has 1 aromatic rings. The molecule has 0 unspecified atom stereocenters. The van der Waals surface area contributed by atoms with Crippen LogP contribution >= 0.6 is 0 Å². The second-order valence-corrected chi connectivity index (χ2v) is 8.78. The van der Waals surface area contributed by atoms with Crippen LogP contribution in [0.25, 0.3) is 0 Å². The Morgan fingerprint density at radius 3 is 2.55 bits per heavy atom. The van der Waals surface area contributed by atoms with Crippen molar-refractivity contribution in [2.75, 3.05) is 32.8 Å². The Morgan fingerprint density at radius 1 is 1.16 bits per heavy atom. The summed E-state index contributed by atoms with van der Waals surface area (Å²) < 4.78 is 7.33. The fourth-order valence-electron chi connectivity index (χ4n) is 4.28. The average molecular weight is 434 g/mol. The van der Waals surface area contributed by atoms with Crippen LogP contribution in [-0.4, -0.2) is 71.3 Å². The van der Waals surface area contributed by atoms with Crippen molar-refractivity contribution in [1.29, 1.82) is 0 Å². The molecule has 0 saturated carbocycles. The molecule has 3 rings (SSSR count). The Labute approximate surface area is 183 Å². The van der Waals surface area contributed by atoms with Crippen molar-refractivity contribution in [3.8, 4) is 0 Å². The van der Waals surface area contributed by atoms with E-state index in [1.54, 1.807) is 22.6 Å². The summed E-state index contributed by atoms with van der Waals surface area (Å²) in [6, 6.07) is 1.20. The first-order valence-corrected chi connectivity index (χ1v) is 11.3. The minimum absolute atomic E-state index is 0.0890. The highest BCUT2D eigenvalue weighted by atomic mass is 16.5. The Hall–Kier alpha value is -2.42. The summed E-state index contributed by atoms with van der Waals surface area (Å²) >= 11 is 0. The van der Waals surface area contributed by atoms with Crippen molar-refractivity contribution in [2.45, 2.75) is 58.4 Å². The maximum Gasteiger partial charge on any atom is 0.274 e. The lowest BCUT2D eigenvalue weighted by Crippen LogP contribution is -2.54. The molecular formula is C22H35N5O4. The molecule has 3 heterocycles. The van der Waals surface area contributed by atoms with Gasteiger partial charge < -0.3 is 20.3 Å². The zero-order chi connectivity index (χ0) is 22.4. The van der Waals surface area contributed by atoms with E-state index in [2.05, 4.69) is 15.7 Å². The maximum atomic E-state index is 13.3. The average Bonchev–Trinajstić information content (AvgIpc) is 3.09. The van der Waals surface area contributed by atoms with Crippen molar-refractivity contribution in [1.82, 2.24) is 25.3 Å². The van der Waals surface area contributed by atoms with Crippen LogP contribution in [0, 0.1) is 12.3 Å². The second kappa shape index (κ2) is 10.3. The van der Waals surface area contributed by atoms with Crippen LogP contribution in [0.5, 0.6) is 0 Å². The van der Waals surface area contributed by atoms with Crippen LogP contribution in [0.4, 0.5) is 0 Å². The predicted octanol–water partition coefficient (Wildman–Crippen LogP) is 1.16. The number of nitrogens with one attached hydrogen (secondary N) is 2. The lowest BCUT2D eigenvalue weighted by Gasteiger charge is -2.41. The summed E-state index contributed by atoms with van der Waals surface area (Å²) in [7, 11) is 1.82. The van der Waals surface area contributed by atoms with Crippen LogP contribution < -0.4 is 10.6 Å². The van der Waals surface area contributed by atoms with Crippen LogP contribution in [-0.2, 0) is 21.4 Å². The number of amides is 3. The Balaban J connectivity index is 1.68. The largest absolute Gasteiger partial charge is 0.381 e. The third-order valence-electron chi connectivity index (χ3n) is 6.52. The van der Waals surface area contributed by atoms with Crippen molar-refractivity contribution >= 4 is 17.7 Å². The summed E-state index contributed by atoms with van der Waals surface area (Å²) in [5.74, 6) is -0.367. The molecule has 172 valence electrons. The van der Waals surface area contributed by atoms with Crippen LogP contribution in [0.3, 0.4) is 0 Å². The smallest absolute Gasteiger partial charge is 0.274 e. The molecule has 9 nitrogen and oxygen atoms in total. The van der Waals surface area contributed by atoms with E-state index in [-0.39, 0.29) is 17.7 Å². The number of carbonyl (C=O) groups is 3. The van der Waals surface area contributed by atoms with Gasteiger partial charge in [-0.25, -0.2) is 0 Å². The Morgan fingerprint density at radius 2 is 1.87 bits per heavy atom. The Bertz CT molecular complexity index is 778. The summed E-state index contributed by atoms with van der Waals surface area (Å²) in [4.78, 5) is 40.2. The number of aromatic nitrogens is 2. The summed E-state index contributed by atoms with van der Waals surface area (Å²) in [5, 5.41) is 10.1. The number of nitrogens with zero attached hydrogens (tertiary/aromatic N) is 3. The SMILES string of the molecule is Cc1cc(C(=O)N2CCC3(CCCCOCCCNC(=O)[C@H](C)NC3=O)CC2)nn1C. The molecule has 1 aromatic heterocycles. The molecule has 31 heavy (non-hydrogen) atoms. The van der Waals surface area contributed by atoms with E-state index in [4.69, 9.17) is 4.74 Å². The molecule has 0 aliphatic carbocycles. The van der Waals surface area contributed by atoms with Gasteiger partial charge in [0.2, 0.25) is 11.8 Å². The highest BCUT2D eigenvalue weighted by Gasteiger charge is 2.42. The van der Waals surface area contributed by atoms with E-state index in [0.717, 1.165) is 31.4 Å². The molecule has 2 N–H and O–H groups in total. The van der Waals surface area contributed by atoms with Crippen molar-refractivity contribution in [2.24, 2.45) is 12.5 Å². The zero-order valence-corrected chi connectivity index (χ0v) is 18.9. The minimum Gasteiger partial charge on any atom is -0.381 e. The van der Waals surface area contributed by atoms with Crippen molar-refractivity contribution in [3.63, 3.8) is 0 Å². The summed E-state index contributed by atoms with van der Waals surface area (Å²) in [6.07, 6.45) is 4.41. The fourth-order valence-corrected chi connectivity index (χ4v) is 4.28. The highest BCUT2D eigenvalue weighted by Crippen LogP contribution is 2.37. The number of hydrogen-bond acceptors (Lipinski definition) is 5. The molecule has 2 aliphatic heterocycles.